The largest absolute Gasteiger partial charge is 0.488 e. The molecule has 33 heavy (non-hydrogen) atoms. The molecule has 1 aliphatic carbocycles. The number of halogens is 3. The maximum absolute atomic E-state index is 12.6. The average Bonchev–Trinajstić information content (AvgIpc) is 3.34. The van der Waals surface area contributed by atoms with Crippen molar-refractivity contribution in [3.8, 4) is 5.75 Å². The maximum Gasteiger partial charge on any atom is 0.390 e. The van der Waals surface area contributed by atoms with Crippen LogP contribution in [0, 0.1) is 0 Å². The predicted molar refractivity (Wildman–Crippen MR) is 120 cm³/mol. The first-order chi connectivity index (χ1) is 15.7. The SMILES string of the molecule is C[C@@H]1CN(c2cc(C3=NCc4ccc(OC5(C)CC5)cc43)ncn2)CCN1CCC(F)(F)F. The third-order valence-corrected chi connectivity index (χ3v) is 6.73. The van der Waals surface area contributed by atoms with Crippen molar-refractivity contribution in [1.82, 2.24) is 14.9 Å². The quantitative estimate of drug-likeness (QED) is 0.648. The number of benzene rings is 1. The van der Waals surface area contributed by atoms with E-state index < -0.39 is 12.6 Å². The van der Waals surface area contributed by atoms with Crippen LogP contribution in [0.15, 0.2) is 35.6 Å². The normalized spacial score (nSPS) is 22.2. The van der Waals surface area contributed by atoms with Gasteiger partial charge in [-0.15, -0.1) is 0 Å². The molecule has 2 fully saturated rings. The van der Waals surface area contributed by atoms with E-state index in [1.165, 1.54) is 6.33 Å². The van der Waals surface area contributed by atoms with Gasteiger partial charge in [-0.3, -0.25) is 9.89 Å². The Labute approximate surface area is 191 Å². The summed E-state index contributed by atoms with van der Waals surface area (Å²) in [4.78, 5) is 17.7. The minimum atomic E-state index is -4.13. The fourth-order valence-electron chi connectivity index (χ4n) is 4.46. The van der Waals surface area contributed by atoms with Crippen LogP contribution in [0.25, 0.3) is 0 Å². The van der Waals surface area contributed by atoms with Crippen molar-refractivity contribution < 1.29 is 17.9 Å². The first kappa shape index (κ1) is 22.1. The Morgan fingerprint density at radius 3 is 2.70 bits per heavy atom. The number of fused-ring (bicyclic) bond motifs is 1. The van der Waals surface area contributed by atoms with Gasteiger partial charge in [0.15, 0.2) is 0 Å². The van der Waals surface area contributed by atoms with Crippen molar-refractivity contribution in [1.29, 1.82) is 0 Å². The van der Waals surface area contributed by atoms with Crippen LogP contribution in [-0.2, 0) is 6.54 Å². The third-order valence-electron chi connectivity index (χ3n) is 6.73. The standard InChI is InChI=1S/C24H28F3N5O/c1-16-14-32(10-9-31(16)8-7-24(25,26)27)21-12-20(29-15-30-21)22-19-11-18(33-23(2)5-6-23)4-3-17(19)13-28-22/h3-4,11-12,15-16H,5-10,13-14H2,1-2H3/t16-/m1/s1. The van der Waals surface area contributed by atoms with Gasteiger partial charge >= 0.3 is 6.18 Å². The number of aliphatic imine (C=N–C) groups is 1. The molecule has 0 amide bonds. The van der Waals surface area contributed by atoms with Crippen molar-refractivity contribution >= 4 is 11.5 Å². The van der Waals surface area contributed by atoms with Gasteiger partial charge < -0.3 is 9.64 Å². The summed E-state index contributed by atoms with van der Waals surface area (Å²) in [7, 11) is 0. The highest BCUT2D eigenvalue weighted by molar-refractivity contribution is 6.14. The van der Waals surface area contributed by atoms with Gasteiger partial charge in [-0.1, -0.05) is 6.07 Å². The molecule has 9 heteroatoms. The number of aromatic nitrogens is 2. The lowest BCUT2D eigenvalue weighted by Gasteiger charge is -2.40. The molecule has 1 aromatic heterocycles. The highest BCUT2D eigenvalue weighted by Crippen LogP contribution is 2.40. The average molecular weight is 460 g/mol. The van der Waals surface area contributed by atoms with E-state index in [4.69, 9.17) is 9.73 Å². The molecule has 0 unspecified atom stereocenters. The lowest BCUT2D eigenvalue weighted by molar-refractivity contribution is -0.139. The predicted octanol–water partition coefficient (Wildman–Crippen LogP) is 4.22. The Morgan fingerprint density at radius 2 is 1.97 bits per heavy atom. The van der Waals surface area contributed by atoms with Gasteiger partial charge in [0.25, 0.3) is 0 Å². The molecule has 176 valence electrons. The Bertz CT molecular complexity index is 1070. The van der Waals surface area contributed by atoms with Crippen LogP contribution in [0.4, 0.5) is 19.0 Å². The molecule has 3 aliphatic rings. The first-order valence-electron chi connectivity index (χ1n) is 11.4. The number of rotatable bonds is 6. The van der Waals surface area contributed by atoms with Gasteiger partial charge in [0.1, 0.15) is 23.5 Å². The van der Waals surface area contributed by atoms with Gasteiger partial charge in [0, 0.05) is 43.9 Å². The number of piperazine rings is 1. The van der Waals surface area contributed by atoms with Crippen LogP contribution in [-0.4, -0.2) is 64.6 Å². The van der Waals surface area contributed by atoms with E-state index in [0.717, 1.165) is 46.9 Å². The van der Waals surface area contributed by atoms with E-state index in [1.54, 1.807) is 0 Å². The molecule has 0 bridgehead atoms. The van der Waals surface area contributed by atoms with Gasteiger partial charge in [-0.2, -0.15) is 13.2 Å². The zero-order valence-electron chi connectivity index (χ0n) is 18.9. The van der Waals surface area contributed by atoms with Crippen molar-refractivity contribution in [3.63, 3.8) is 0 Å². The van der Waals surface area contributed by atoms with Gasteiger partial charge in [0.05, 0.1) is 24.4 Å². The molecule has 1 aromatic carbocycles. The first-order valence-corrected chi connectivity index (χ1v) is 11.4. The number of nitrogens with zero attached hydrogens (tertiary/aromatic N) is 5. The second kappa shape index (κ2) is 8.27. The van der Waals surface area contributed by atoms with Crippen LogP contribution in [0.2, 0.25) is 0 Å². The second-order valence-corrected chi connectivity index (χ2v) is 9.49. The number of hydrogen-bond acceptors (Lipinski definition) is 6. The van der Waals surface area contributed by atoms with Crippen LogP contribution < -0.4 is 9.64 Å². The highest BCUT2D eigenvalue weighted by Gasteiger charge is 2.40. The van der Waals surface area contributed by atoms with E-state index in [9.17, 15) is 13.2 Å². The minimum Gasteiger partial charge on any atom is -0.488 e. The van der Waals surface area contributed by atoms with E-state index in [0.29, 0.717) is 26.2 Å². The van der Waals surface area contributed by atoms with Gasteiger partial charge in [0.2, 0.25) is 0 Å². The summed E-state index contributed by atoms with van der Waals surface area (Å²) in [5.74, 6) is 1.62. The number of anilines is 1. The van der Waals surface area contributed by atoms with Gasteiger partial charge in [-0.25, -0.2) is 9.97 Å². The molecular weight excluding hydrogens is 431 g/mol. The summed E-state index contributed by atoms with van der Waals surface area (Å²) in [5.41, 5.74) is 3.71. The lowest BCUT2D eigenvalue weighted by Crippen LogP contribution is -2.52. The molecule has 0 spiro atoms. The van der Waals surface area contributed by atoms with Gasteiger partial charge in [-0.05, 0) is 44.4 Å². The summed E-state index contributed by atoms with van der Waals surface area (Å²) < 4.78 is 44.0. The molecule has 6 nitrogen and oxygen atoms in total. The van der Waals surface area contributed by atoms with Crippen molar-refractivity contribution in [2.75, 3.05) is 31.1 Å². The molecule has 2 aliphatic heterocycles. The van der Waals surface area contributed by atoms with Crippen LogP contribution in [0.3, 0.4) is 0 Å². The van der Waals surface area contributed by atoms with Crippen molar-refractivity contribution in [2.45, 2.75) is 57.5 Å². The second-order valence-electron chi connectivity index (χ2n) is 9.49. The Hall–Kier alpha value is -2.68. The summed E-state index contributed by atoms with van der Waals surface area (Å²) in [6, 6.07) is 8.06. The smallest absolute Gasteiger partial charge is 0.390 e. The van der Waals surface area contributed by atoms with Crippen molar-refractivity contribution in [3.05, 3.63) is 47.4 Å². The number of alkyl halides is 3. The zero-order valence-corrected chi connectivity index (χ0v) is 18.9. The van der Waals surface area contributed by atoms with Crippen molar-refractivity contribution in [2.24, 2.45) is 4.99 Å². The Morgan fingerprint density at radius 1 is 1.15 bits per heavy atom. The molecular formula is C24H28F3N5O. The monoisotopic (exact) mass is 459 g/mol. The van der Waals surface area contributed by atoms with E-state index in [-0.39, 0.29) is 18.2 Å². The molecule has 3 heterocycles. The summed E-state index contributed by atoms with van der Waals surface area (Å²) in [6.07, 6.45) is -1.22. The molecule has 0 N–H and O–H groups in total. The minimum absolute atomic E-state index is 0.00700. The fraction of sp³-hybridized carbons (Fsp3) is 0.542. The Balaban J connectivity index is 1.30. The van der Waals surface area contributed by atoms with E-state index in [1.807, 2.05) is 30.0 Å². The lowest BCUT2D eigenvalue weighted by atomic mass is 10.0. The van der Waals surface area contributed by atoms with E-state index >= 15 is 0 Å². The fourth-order valence-corrected chi connectivity index (χ4v) is 4.46. The van der Waals surface area contributed by atoms with Crippen LogP contribution in [0.1, 0.15) is 49.9 Å². The topological polar surface area (TPSA) is 53.9 Å². The summed E-state index contributed by atoms with van der Waals surface area (Å²) in [5, 5.41) is 0. The number of hydrogen-bond donors (Lipinski definition) is 0. The molecule has 1 saturated carbocycles. The molecule has 5 rings (SSSR count). The molecule has 0 radical (unpaired) electrons. The zero-order chi connectivity index (χ0) is 23.2. The van der Waals surface area contributed by atoms with Crippen LogP contribution in [0.5, 0.6) is 5.75 Å². The van der Waals surface area contributed by atoms with E-state index in [2.05, 4.69) is 27.9 Å². The number of ether oxygens (including phenoxy) is 1. The molecule has 2 aromatic rings. The maximum atomic E-state index is 12.6. The molecule has 1 saturated heterocycles. The summed E-state index contributed by atoms with van der Waals surface area (Å²) >= 11 is 0. The highest BCUT2D eigenvalue weighted by atomic mass is 19.4. The van der Waals surface area contributed by atoms with Crippen LogP contribution >= 0.6 is 0 Å². The third kappa shape index (κ3) is 4.98. The Kier molecular flexibility index (Phi) is 5.55. The summed E-state index contributed by atoms with van der Waals surface area (Å²) in [6.45, 7) is 6.53. The molecule has 1 atom stereocenters.